The van der Waals surface area contributed by atoms with Crippen LogP contribution in [0.15, 0.2) is 29.4 Å². The molecule has 1 heterocycles. The van der Waals surface area contributed by atoms with Gasteiger partial charge in [0.15, 0.2) is 5.16 Å². The summed E-state index contributed by atoms with van der Waals surface area (Å²) in [6.07, 6.45) is 1.11. The van der Waals surface area contributed by atoms with Crippen molar-refractivity contribution in [3.63, 3.8) is 0 Å². The molecule has 0 saturated heterocycles. The molecule has 2 aromatic rings. The summed E-state index contributed by atoms with van der Waals surface area (Å²) in [5.74, 6) is 0.793. The molecule has 1 atom stereocenters. The molecule has 1 amide bonds. The van der Waals surface area contributed by atoms with E-state index in [4.69, 9.17) is 0 Å². The first-order valence-corrected chi connectivity index (χ1v) is 9.23. The second-order valence-corrected chi connectivity index (χ2v) is 7.01. The van der Waals surface area contributed by atoms with Crippen LogP contribution in [0.25, 0.3) is 0 Å². The van der Waals surface area contributed by atoms with Crippen molar-refractivity contribution in [1.82, 2.24) is 9.97 Å². The van der Waals surface area contributed by atoms with Crippen molar-refractivity contribution in [1.29, 1.82) is 0 Å². The molecular formula is C19H25N3OS. The molecule has 128 valence electrons. The molecule has 1 N–H and O–H groups in total. The SMILES string of the molecule is CC[C@@H](C)c1ccc(NC(=O)CSc2nc(C)c(C)c(C)n2)cc1. The molecule has 24 heavy (non-hydrogen) atoms. The van der Waals surface area contributed by atoms with Crippen LogP contribution < -0.4 is 5.32 Å². The summed E-state index contributed by atoms with van der Waals surface area (Å²) in [4.78, 5) is 21.0. The van der Waals surface area contributed by atoms with Crippen molar-refractivity contribution in [2.75, 3.05) is 11.1 Å². The Labute approximate surface area is 148 Å². The standard InChI is InChI=1S/C19H25N3OS/c1-6-12(2)16-7-9-17(10-8-16)22-18(23)11-24-19-20-14(4)13(3)15(5)21-19/h7-10,12H,6,11H2,1-5H3,(H,22,23)/t12-/m1/s1. The van der Waals surface area contributed by atoms with E-state index in [0.29, 0.717) is 16.8 Å². The second kappa shape index (κ2) is 8.29. The lowest BCUT2D eigenvalue weighted by Crippen LogP contribution is -2.14. The fourth-order valence-corrected chi connectivity index (χ4v) is 3.00. The van der Waals surface area contributed by atoms with E-state index >= 15 is 0 Å². The zero-order chi connectivity index (χ0) is 17.7. The minimum Gasteiger partial charge on any atom is -0.325 e. The zero-order valence-electron chi connectivity index (χ0n) is 15.0. The predicted octanol–water partition coefficient (Wildman–Crippen LogP) is 4.65. The van der Waals surface area contributed by atoms with E-state index < -0.39 is 0 Å². The molecule has 0 saturated carbocycles. The Morgan fingerprint density at radius 2 is 1.71 bits per heavy atom. The normalized spacial score (nSPS) is 12.0. The Morgan fingerprint density at radius 3 is 2.25 bits per heavy atom. The first kappa shape index (κ1) is 18.5. The predicted molar refractivity (Wildman–Crippen MR) is 101 cm³/mol. The number of nitrogens with zero attached hydrogens (tertiary/aromatic N) is 2. The van der Waals surface area contributed by atoms with Gasteiger partial charge in [-0.25, -0.2) is 9.97 Å². The third-order valence-corrected chi connectivity index (χ3v) is 5.17. The topological polar surface area (TPSA) is 54.9 Å². The van der Waals surface area contributed by atoms with Crippen LogP contribution in [0.3, 0.4) is 0 Å². The van der Waals surface area contributed by atoms with Gasteiger partial charge in [-0.2, -0.15) is 0 Å². The van der Waals surface area contributed by atoms with E-state index in [1.54, 1.807) is 0 Å². The molecule has 0 spiro atoms. The number of carbonyl (C=O) groups is 1. The lowest BCUT2D eigenvalue weighted by Gasteiger charge is -2.10. The Morgan fingerprint density at radius 1 is 1.12 bits per heavy atom. The van der Waals surface area contributed by atoms with Gasteiger partial charge in [-0.05, 0) is 56.4 Å². The van der Waals surface area contributed by atoms with Gasteiger partial charge in [0, 0.05) is 17.1 Å². The molecular weight excluding hydrogens is 318 g/mol. The Balaban J connectivity index is 1.91. The number of hydrogen-bond acceptors (Lipinski definition) is 4. The molecule has 5 heteroatoms. The second-order valence-electron chi connectivity index (χ2n) is 6.07. The molecule has 0 fully saturated rings. The zero-order valence-corrected chi connectivity index (χ0v) is 15.8. The number of aromatic nitrogens is 2. The molecule has 0 radical (unpaired) electrons. The van der Waals surface area contributed by atoms with E-state index in [1.165, 1.54) is 17.3 Å². The quantitative estimate of drug-likeness (QED) is 0.613. The van der Waals surface area contributed by atoms with Crippen molar-refractivity contribution >= 4 is 23.4 Å². The third kappa shape index (κ3) is 4.81. The van der Waals surface area contributed by atoms with Crippen molar-refractivity contribution in [2.45, 2.75) is 52.1 Å². The van der Waals surface area contributed by atoms with Gasteiger partial charge in [0.25, 0.3) is 0 Å². The lowest BCUT2D eigenvalue weighted by atomic mass is 9.99. The van der Waals surface area contributed by atoms with E-state index in [2.05, 4.69) is 41.3 Å². The first-order chi connectivity index (χ1) is 11.4. The smallest absolute Gasteiger partial charge is 0.234 e. The number of benzene rings is 1. The summed E-state index contributed by atoms with van der Waals surface area (Å²) in [5.41, 5.74) is 5.15. The summed E-state index contributed by atoms with van der Waals surface area (Å²) in [6, 6.07) is 8.07. The number of aryl methyl sites for hydroxylation is 2. The molecule has 1 aromatic carbocycles. The largest absolute Gasteiger partial charge is 0.325 e. The maximum Gasteiger partial charge on any atom is 0.234 e. The number of rotatable bonds is 6. The average molecular weight is 343 g/mol. The minimum absolute atomic E-state index is 0.0456. The molecule has 2 rings (SSSR count). The van der Waals surface area contributed by atoms with E-state index in [9.17, 15) is 4.79 Å². The summed E-state index contributed by atoms with van der Waals surface area (Å²) < 4.78 is 0. The number of nitrogens with one attached hydrogen (secondary N) is 1. The van der Waals surface area contributed by atoms with Crippen LogP contribution >= 0.6 is 11.8 Å². The number of anilines is 1. The number of thioether (sulfide) groups is 1. The van der Waals surface area contributed by atoms with Crippen LogP contribution in [0.5, 0.6) is 0 Å². The Kier molecular flexibility index (Phi) is 6.37. The maximum atomic E-state index is 12.1. The monoisotopic (exact) mass is 343 g/mol. The van der Waals surface area contributed by atoms with Crippen LogP contribution in [0.4, 0.5) is 5.69 Å². The summed E-state index contributed by atoms with van der Waals surface area (Å²) in [7, 11) is 0. The highest BCUT2D eigenvalue weighted by Crippen LogP contribution is 2.21. The van der Waals surface area contributed by atoms with E-state index in [0.717, 1.165) is 29.1 Å². The van der Waals surface area contributed by atoms with E-state index in [1.807, 2.05) is 32.9 Å². The van der Waals surface area contributed by atoms with Gasteiger partial charge in [-0.15, -0.1) is 0 Å². The summed E-state index contributed by atoms with van der Waals surface area (Å²) >= 11 is 1.36. The van der Waals surface area contributed by atoms with E-state index in [-0.39, 0.29) is 5.91 Å². The molecule has 1 aromatic heterocycles. The Hall–Kier alpha value is -1.88. The van der Waals surface area contributed by atoms with Gasteiger partial charge < -0.3 is 5.32 Å². The van der Waals surface area contributed by atoms with Gasteiger partial charge in [-0.3, -0.25) is 4.79 Å². The van der Waals surface area contributed by atoms with Crippen LogP contribution in [0, 0.1) is 20.8 Å². The van der Waals surface area contributed by atoms with Crippen molar-refractivity contribution in [3.8, 4) is 0 Å². The van der Waals surface area contributed by atoms with Gasteiger partial charge in [0.2, 0.25) is 5.91 Å². The molecule has 0 bridgehead atoms. The van der Waals surface area contributed by atoms with Crippen LogP contribution in [0.2, 0.25) is 0 Å². The number of hydrogen-bond donors (Lipinski definition) is 1. The van der Waals surface area contributed by atoms with Gasteiger partial charge >= 0.3 is 0 Å². The van der Waals surface area contributed by atoms with Crippen molar-refractivity contribution in [3.05, 3.63) is 46.8 Å². The average Bonchev–Trinajstić information content (AvgIpc) is 2.57. The van der Waals surface area contributed by atoms with Crippen molar-refractivity contribution < 1.29 is 4.79 Å². The molecule has 0 aliphatic rings. The van der Waals surface area contributed by atoms with Gasteiger partial charge in [0.1, 0.15) is 0 Å². The van der Waals surface area contributed by atoms with Crippen molar-refractivity contribution in [2.24, 2.45) is 0 Å². The maximum absolute atomic E-state index is 12.1. The highest BCUT2D eigenvalue weighted by Gasteiger charge is 2.09. The number of carbonyl (C=O) groups excluding carboxylic acids is 1. The highest BCUT2D eigenvalue weighted by molar-refractivity contribution is 7.99. The number of amides is 1. The fraction of sp³-hybridized carbons (Fsp3) is 0.421. The molecule has 0 unspecified atom stereocenters. The Bertz CT molecular complexity index is 690. The van der Waals surface area contributed by atoms with Crippen LogP contribution in [-0.4, -0.2) is 21.6 Å². The summed E-state index contributed by atoms with van der Waals surface area (Å²) in [6.45, 7) is 10.3. The van der Waals surface area contributed by atoms with Crippen LogP contribution in [-0.2, 0) is 4.79 Å². The highest BCUT2D eigenvalue weighted by atomic mass is 32.2. The minimum atomic E-state index is -0.0456. The fourth-order valence-electron chi connectivity index (χ4n) is 2.26. The first-order valence-electron chi connectivity index (χ1n) is 8.25. The van der Waals surface area contributed by atoms with Gasteiger partial charge in [-0.1, -0.05) is 37.7 Å². The molecule has 0 aliphatic heterocycles. The summed E-state index contributed by atoms with van der Waals surface area (Å²) in [5, 5.41) is 3.57. The van der Waals surface area contributed by atoms with Gasteiger partial charge in [0.05, 0.1) is 5.75 Å². The third-order valence-electron chi connectivity index (χ3n) is 4.32. The molecule has 0 aliphatic carbocycles. The lowest BCUT2D eigenvalue weighted by molar-refractivity contribution is -0.113. The van der Waals surface area contributed by atoms with Crippen LogP contribution in [0.1, 0.15) is 48.7 Å². The molecule has 4 nitrogen and oxygen atoms in total.